The zero-order valence-corrected chi connectivity index (χ0v) is 15.2. The van der Waals surface area contributed by atoms with Crippen LogP contribution in [0.4, 0.5) is 0 Å². The third-order valence-electron chi connectivity index (χ3n) is 4.34. The maximum absolute atomic E-state index is 12.3. The standard InChI is InChI=1S/C19H15N3O2S.ClH/c20-9-10-1-3-11(4-2-10)15-13(18(21)23)5-6-14-16(15)12-7-8-25-17(12)19(24)22-14;/h1-8H,9,20H2,(H2,21,23)(H,22,24);1H. The fraction of sp³-hybridized carbons (Fsp3) is 0.0526. The van der Waals surface area contributed by atoms with E-state index >= 15 is 0 Å². The first-order valence-corrected chi connectivity index (χ1v) is 8.63. The molecule has 0 spiro atoms. The van der Waals surface area contributed by atoms with E-state index in [1.54, 1.807) is 12.1 Å². The van der Waals surface area contributed by atoms with Crippen LogP contribution in [0.5, 0.6) is 0 Å². The second-order valence-electron chi connectivity index (χ2n) is 5.79. The van der Waals surface area contributed by atoms with E-state index in [-0.39, 0.29) is 18.0 Å². The molecular weight excluding hydrogens is 370 g/mol. The maximum atomic E-state index is 12.3. The Morgan fingerprint density at radius 2 is 1.81 bits per heavy atom. The summed E-state index contributed by atoms with van der Waals surface area (Å²) in [4.78, 5) is 27.2. The van der Waals surface area contributed by atoms with Gasteiger partial charge in [0.1, 0.15) is 4.70 Å². The van der Waals surface area contributed by atoms with Crippen LogP contribution in [-0.4, -0.2) is 10.9 Å². The van der Waals surface area contributed by atoms with Crippen molar-refractivity contribution in [3.63, 3.8) is 0 Å². The van der Waals surface area contributed by atoms with Gasteiger partial charge in [0.15, 0.2) is 0 Å². The third kappa shape index (κ3) is 2.78. The van der Waals surface area contributed by atoms with Gasteiger partial charge in [0.2, 0.25) is 5.91 Å². The number of nitrogens with two attached hydrogens (primary N) is 2. The van der Waals surface area contributed by atoms with Crippen molar-refractivity contribution in [3.8, 4) is 11.1 Å². The van der Waals surface area contributed by atoms with Gasteiger partial charge in [-0.05, 0) is 34.7 Å². The average molecular weight is 386 g/mol. The number of primary amides is 1. The Kier molecular flexibility index (Phi) is 4.82. The van der Waals surface area contributed by atoms with Crippen molar-refractivity contribution in [1.82, 2.24) is 4.98 Å². The van der Waals surface area contributed by atoms with Crippen molar-refractivity contribution < 1.29 is 4.79 Å². The van der Waals surface area contributed by atoms with Gasteiger partial charge in [0.05, 0.1) is 0 Å². The molecule has 2 aromatic carbocycles. The Labute approximate surface area is 159 Å². The van der Waals surface area contributed by atoms with Crippen molar-refractivity contribution in [3.05, 3.63) is 69.3 Å². The number of hydrogen-bond acceptors (Lipinski definition) is 4. The van der Waals surface area contributed by atoms with E-state index in [0.717, 1.165) is 27.5 Å². The van der Waals surface area contributed by atoms with Gasteiger partial charge >= 0.3 is 0 Å². The molecule has 26 heavy (non-hydrogen) atoms. The molecule has 0 atom stereocenters. The Morgan fingerprint density at radius 1 is 1.08 bits per heavy atom. The SMILES string of the molecule is Cl.NCc1ccc(-c2c(C(N)=O)ccc3[nH]c(=O)c4sccc4c23)cc1. The molecule has 2 heterocycles. The fourth-order valence-corrected chi connectivity index (χ4v) is 3.96. The van der Waals surface area contributed by atoms with Gasteiger partial charge in [0.25, 0.3) is 5.56 Å². The van der Waals surface area contributed by atoms with Crippen LogP contribution in [-0.2, 0) is 6.54 Å². The Morgan fingerprint density at radius 3 is 2.46 bits per heavy atom. The van der Waals surface area contributed by atoms with Gasteiger partial charge in [-0.3, -0.25) is 9.59 Å². The number of hydrogen-bond donors (Lipinski definition) is 3. The van der Waals surface area contributed by atoms with Crippen LogP contribution in [0.1, 0.15) is 15.9 Å². The lowest BCUT2D eigenvalue weighted by atomic mass is 9.92. The number of aromatic amines is 1. The third-order valence-corrected chi connectivity index (χ3v) is 5.25. The molecule has 7 heteroatoms. The zero-order chi connectivity index (χ0) is 17.6. The van der Waals surface area contributed by atoms with E-state index in [1.165, 1.54) is 11.3 Å². The Hall–Kier alpha value is -2.67. The molecule has 2 aromatic heterocycles. The Bertz CT molecular complexity index is 1180. The second-order valence-corrected chi connectivity index (χ2v) is 6.71. The quantitative estimate of drug-likeness (QED) is 0.503. The lowest BCUT2D eigenvalue weighted by Crippen LogP contribution is -2.13. The van der Waals surface area contributed by atoms with Gasteiger partial charge < -0.3 is 16.5 Å². The molecular formula is C19H16ClN3O2S. The summed E-state index contributed by atoms with van der Waals surface area (Å²) in [7, 11) is 0. The molecule has 1 amide bonds. The summed E-state index contributed by atoms with van der Waals surface area (Å²) < 4.78 is 0.633. The first kappa shape index (κ1) is 18.1. The summed E-state index contributed by atoms with van der Waals surface area (Å²) in [6, 6.07) is 13.0. The number of amides is 1. The van der Waals surface area contributed by atoms with Crippen LogP contribution in [0.3, 0.4) is 0 Å². The summed E-state index contributed by atoms with van der Waals surface area (Å²) in [5.74, 6) is -0.505. The highest BCUT2D eigenvalue weighted by atomic mass is 35.5. The van der Waals surface area contributed by atoms with Crippen molar-refractivity contribution >= 4 is 50.6 Å². The molecule has 0 saturated carbocycles. The van der Waals surface area contributed by atoms with Gasteiger partial charge in [0, 0.05) is 34.0 Å². The molecule has 5 nitrogen and oxygen atoms in total. The van der Waals surface area contributed by atoms with Crippen molar-refractivity contribution in [2.24, 2.45) is 11.5 Å². The number of carbonyl (C=O) groups is 1. The Balaban J connectivity index is 0.00000196. The first-order valence-electron chi connectivity index (χ1n) is 7.75. The number of fused-ring (bicyclic) bond motifs is 3. The van der Waals surface area contributed by atoms with Crippen LogP contribution in [0.25, 0.3) is 32.1 Å². The van der Waals surface area contributed by atoms with E-state index in [9.17, 15) is 9.59 Å². The number of benzene rings is 2. The summed E-state index contributed by atoms with van der Waals surface area (Å²) in [5, 5.41) is 3.52. The average Bonchev–Trinajstić information content (AvgIpc) is 3.11. The molecule has 4 aromatic rings. The normalized spacial score (nSPS) is 10.8. The predicted molar refractivity (Wildman–Crippen MR) is 109 cm³/mol. The van der Waals surface area contributed by atoms with Crippen LogP contribution in [0.15, 0.2) is 52.6 Å². The van der Waals surface area contributed by atoms with E-state index in [4.69, 9.17) is 11.5 Å². The van der Waals surface area contributed by atoms with Gasteiger partial charge in [-0.1, -0.05) is 24.3 Å². The fourth-order valence-electron chi connectivity index (χ4n) is 3.16. The van der Waals surface area contributed by atoms with Crippen molar-refractivity contribution in [1.29, 1.82) is 0 Å². The number of nitrogens with one attached hydrogen (secondary N) is 1. The van der Waals surface area contributed by atoms with Crippen molar-refractivity contribution in [2.45, 2.75) is 6.54 Å². The van der Waals surface area contributed by atoms with Crippen molar-refractivity contribution in [2.75, 3.05) is 0 Å². The van der Waals surface area contributed by atoms with Crippen LogP contribution < -0.4 is 17.0 Å². The number of H-pyrrole nitrogens is 1. The van der Waals surface area contributed by atoms with Gasteiger partial charge in [-0.25, -0.2) is 0 Å². The molecule has 0 bridgehead atoms. The second kappa shape index (κ2) is 6.92. The van der Waals surface area contributed by atoms with E-state index in [1.807, 2.05) is 35.7 Å². The summed E-state index contributed by atoms with van der Waals surface area (Å²) in [6.07, 6.45) is 0. The molecule has 0 aliphatic rings. The molecule has 0 saturated heterocycles. The molecule has 0 fully saturated rings. The smallest absolute Gasteiger partial charge is 0.266 e. The lowest BCUT2D eigenvalue weighted by Gasteiger charge is -2.13. The zero-order valence-electron chi connectivity index (χ0n) is 13.6. The largest absolute Gasteiger partial charge is 0.366 e. The van der Waals surface area contributed by atoms with E-state index in [2.05, 4.69) is 4.98 Å². The molecule has 132 valence electrons. The highest BCUT2D eigenvalue weighted by Crippen LogP contribution is 2.36. The molecule has 0 unspecified atom stereocenters. The molecule has 0 radical (unpaired) electrons. The maximum Gasteiger partial charge on any atom is 0.266 e. The molecule has 0 aliphatic heterocycles. The van der Waals surface area contributed by atoms with E-state index in [0.29, 0.717) is 22.3 Å². The highest BCUT2D eigenvalue weighted by Gasteiger charge is 2.18. The van der Waals surface area contributed by atoms with E-state index < -0.39 is 5.91 Å². The highest BCUT2D eigenvalue weighted by molar-refractivity contribution is 7.17. The molecule has 5 N–H and O–H groups in total. The number of carbonyl (C=O) groups excluding carboxylic acids is 1. The minimum absolute atomic E-state index is 0. The lowest BCUT2D eigenvalue weighted by molar-refractivity contribution is 0.100. The predicted octanol–water partition coefficient (Wildman–Crippen LogP) is 3.39. The summed E-state index contributed by atoms with van der Waals surface area (Å²) in [6.45, 7) is 0.445. The topological polar surface area (TPSA) is 102 Å². The van der Waals surface area contributed by atoms with Crippen LogP contribution in [0, 0.1) is 0 Å². The molecule has 4 rings (SSSR count). The van der Waals surface area contributed by atoms with Gasteiger partial charge in [-0.2, -0.15) is 0 Å². The number of pyridine rings is 1. The first-order chi connectivity index (χ1) is 12.1. The number of aromatic nitrogens is 1. The number of rotatable bonds is 3. The summed E-state index contributed by atoms with van der Waals surface area (Å²) >= 11 is 1.38. The van der Waals surface area contributed by atoms with Crippen LogP contribution in [0.2, 0.25) is 0 Å². The van der Waals surface area contributed by atoms with Gasteiger partial charge in [-0.15, -0.1) is 23.7 Å². The number of thiophene rings is 1. The van der Waals surface area contributed by atoms with Crippen LogP contribution >= 0.6 is 23.7 Å². The molecule has 0 aliphatic carbocycles. The minimum atomic E-state index is -0.505. The summed E-state index contributed by atoms with van der Waals surface area (Å²) in [5.41, 5.74) is 14.9. The monoisotopic (exact) mass is 385 g/mol. The minimum Gasteiger partial charge on any atom is -0.366 e. The number of halogens is 1.